The van der Waals surface area contributed by atoms with Crippen LogP contribution in [0.5, 0.6) is 0 Å². The molecule has 0 spiro atoms. The first-order valence-corrected chi connectivity index (χ1v) is 7.99. The van der Waals surface area contributed by atoms with Crippen molar-refractivity contribution >= 4 is 50.1 Å². The van der Waals surface area contributed by atoms with Gasteiger partial charge in [-0.05, 0) is 65.4 Å². The second kappa shape index (κ2) is 6.57. The van der Waals surface area contributed by atoms with Crippen LogP contribution in [0.3, 0.4) is 0 Å². The fourth-order valence-corrected chi connectivity index (χ4v) is 2.77. The summed E-state index contributed by atoms with van der Waals surface area (Å²) in [5, 5.41) is 2.49. The molecule has 0 aromatic heterocycles. The maximum absolute atomic E-state index is 12.8. The van der Waals surface area contributed by atoms with E-state index >= 15 is 0 Å². The molecule has 0 saturated heterocycles. The Bertz CT molecular complexity index is 731. The topological polar surface area (TPSA) is 29.1 Å². The fourth-order valence-electron chi connectivity index (χ4n) is 1.76. The Morgan fingerprint density at radius 2 is 1.86 bits per heavy atom. The third-order valence-corrected chi connectivity index (χ3v) is 4.54. The molecule has 0 aliphatic carbocycles. The van der Waals surface area contributed by atoms with Crippen LogP contribution < -0.4 is 5.32 Å². The minimum absolute atomic E-state index is 0.0854. The molecule has 0 aliphatic rings. The number of halogens is 5. The van der Waals surface area contributed by atoms with Crippen LogP contribution in [0, 0.1) is 10.5 Å². The van der Waals surface area contributed by atoms with Crippen molar-refractivity contribution in [3.05, 3.63) is 61.1 Å². The number of carbonyl (C=O) groups excluding carboxylic acids is 1. The lowest BCUT2D eigenvalue weighted by atomic mass is 10.1. The first-order valence-electron chi connectivity index (χ1n) is 6.12. The van der Waals surface area contributed by atoms with E-state index < -0.39 is 17.6 Å². The van der Waals surface area contributed by atoms with Crippen molar-refractivity contribution in [3.8, 4) is 0 Å². The third kappa shape index (κ3) is 4.22. The lowest BCUT2D eigenvalue weighted by molar-refractivity contribution is -0.137. The maximum atomic E-state index is 12.8. The van der Waals surface area contributed by atoms with E-state index in [1.165, 1.54) is 6.07 Å². The van der Waals surface area contributed by atoms with Crippen molar-refractivity contribution in [1.82, 2.24) is 0 Å². The second-order valence-corrected chi connectivity index (χ2v) is 6.72. The molecule has 0 bridgehead atoms. The number of amides is 1. The van der Waals surface area contributed by atoms with Crippen LogP contribution in [0.2, 0.25) is 0 Å². The van der Waals surface area contributed by atoms with Crippen molar-refractivity contribution in [1.29, 1.82) is 0 Å². The fraction of sp³-hybridized carbons (Fsp3) is 0.133. The van der Waals surface area contributed by atoms with Gasteiger partial charge in [0.25, 0.3) is 5.91 Å². The van der Waals surface area contributed by atoms with Crippen LogP contribution in [0.25, 0.3) is 0 Å². The molecule has 2 aromatic rings. The molecule has 22 heavy (non-hydrogen) atoms. The van der Waals surface area contributed by atoms with Gasteiger partial charge in [-0.25, -0.2) is 0 Å². The van der Waals surface area contributed by atoms with Gasteiger partial charge >= 0.3 is 6.18 Å². The van der Waals surface area contributed by atoms with Crippen LogP contribution >= 0.6 is 38.5 Å². The molecule has 2 aromatic carbocycles. The highest BCUT2D eigenvalue weighted by molar-refractivity contribution is 14.1. The number of nitrogens with one attached hydrogen (secondary N) is 1. The molecule has 7 heteroatoms. The van der Waals surface area contributed by atoms with Gasteiger partial charge in [-0.2, -0.15) is 13.2 Å². The van der Waals surface area contributed by atoms with Gasteiger partial charge < -0.3 is 5.32 Å². The smallest absolute Gasteiger partial charge is 0.322 e. The van der Waals surface area contributed by atoms with Crippen molar-refractivity contribution in [2.75, 3.05) is 5.32 Å². The Hall–Kier alpha value is -1.09. The van der Waals surface area contributed by atoms with E-state index in [2.05, 4.69) is 43.8 Å². The number of aryl methyl sites for hydroxylation is 1. The summed E-state index contributed by atoms with van der Waals surface area (Å²) in [7, 11) is 0. The molecule has 1 amide bonds. The Morgan fingerprint density at radius 3 is 2.45 bits per heavy atom. The standard InChI is InChI=1S/C15H10BrF3INO/c1-8-2-3-9(4-13(8)20)14(22)21-12-6-10(15(17,18)19)5-11(16)7-12/h2-7H,1H3,(H,21,22). The van der Waals surface area contributed by atoms with Crippen LogP contribution in [0.1, 0.15) is 21.5 Å². The lowest BCUT2D eigenvalue weighted by Gasteiger charge is -2.11. The molecule has 0 fully saturated rings. The highest BCUT2D eigenvalue weighted by atomic mass is 127. The average Bonchev–Trinajstić information content (AvgIpc) is 2.40. The summed E-state index contributed by atoms with van der Waals surface area (Å²) in [5.74, 6) is -0.454. The molecule has 0 heterocycles. The number of hydrogen-bond donors (Lipinski definition) is 1. The summed E-state index contributed by atoms with van der Waals surface area (Å²) in [4.78, 5) is 12.1. The summed E-state index contributed by atoms with van der Waals surface area (Å²) in [6, 6.07) is 8.40. The maximum Gasteiger partial charge on any atom is 0.416 e. The molecule has 116 valence electrons. The molecule has 0 radical (unpaired) electrons. The Kier molecular flexibility index (Phi) is 5.16. The van der Waals surface area contributed by atoms with Gasteiger partial charge in [0, 0.05) is 19.3 Å². The normalized spacial score (nSPS) is 11.4. The van der Waals surface area contributed by atoms with Crippen molar-refractivity contribution in [2.24, 2.45) is 0 Å². The Balaban J connectivity index is 2.28. The molecule has 0 unspecified atom stereocenters. The lowest BCUT2D eigenvalue weighted by Crippen LogP contribution is -2.13. The minimum Gasteiger partial charge on any atom is -0.322 e. The number of carbonyl (C=O) groups is 1. The predicted molar refractivity (Wildman–Crippen MR) is 91.0 cm³/mol. The average molecular weight is 484 g/mol. The molecule has 0 atom stereocenters. The van der Waals surface area contributed by atoms with Crippen LogP contribution in [0.15, 0.2) is 40.9 Å². The second-order valence-electron chi connectivity index (χ2n) is 4.64. The van der Waals surface area contributed by atoms with Gasteiger partial charge in [-0.15, -0.1) is 0 Å². The third-order valence-electron chi connectivity index (χ3n) is 2.92. The van der Waals surface area contributed by atoms with Gasteiger partial charge in [0.15, 0.2) is 0 Å². The number of benzene rings is 2. The van der Waals surface area contributed by atoms with Crippen molar-refractivity contribution in [3.63, 3.8) is 0 Å². The van der Waals surface area contributed by atoms with E-state index in [0.717, 1.165) is 21.3 Å². The van der Waals surface area contributed by atoms with E-state index in [1.807, 2.05) is 6.92 Å². The molecule has 0 aliphatic heterocycles. The molecule has 0 saturated carbocycles. The predicted octanol–water partition coefficient (Wildman–Crippen LogP) is 5.63. The molecule has 1 N–H and O–H groups in total. The highest BCUT2D eigenvalue weighted by Crippen LogP contribution is 2.33. The van der Waals surface area contributed by atoms with Gasteiger partial charge in [0.2, 0.25) is 0 Å². The quantitative estimate of drug-likeness (QED) is 0.551. The molecule has 2 rings (SSSR count). The summed E-state index contributed by atoms with van der Waals surface area (Å²) in [5.41, 5.74) is 0.681. The summed E-state index contributed by atoms with van der Waals surface area (Å²) < 4.78 is 39.5. The van der Waals surface area contributed by atoms with Crippen LogP contribution in [-0.2, 0) is 6.18 Å². The van der Waals surface area contributed by atoms with Gasteiger partial charge in [-0.1, -0.05) is 22.0 Å². The van der Waals surface area contributed by atoms with Crippen molar-refractivity contribution in [2.45, 2.75) is 13.1 Å². The Labute approximate surface area is 147 Å². The largest absolute Gasteiger partial charge is 0.416 e. The first-order chi connectivity index (χ1) is 10.2. The van der Waals surface area contributed by atoms with Gasteiger partial charge in [0.05, 0.1) is 5.56 Å². The number of alkyl halides is 3. The zero-order chi connectivity index (χ0) is 16.5. The molecular weight excluding hydrogens is 474 g/mol. The summed E-state index contributed by atoms with van der Waals surface area (Å²) in [6.45, 7) is 1.91. The van der Waals surface area contributed by atoms with E-state index in [1.54, 1.807) is 18.2 Å². The molecule has 2 nitrogen and oxygen atoms in total. The SMILES string of the molecule is Cc1ccc(C(=O)Nc2cc(Br)cc(C(F)(F)F)c2)cc1I. The molecular formula is C15H10BrF3INO. The van der Waals surface area contributed by atoms with Crippen LogP contribution in [-0.4, -0.2) is 5.91 Å². The number of hydrogen-bond acceptors (Lipinski definition) is 1. The van der Waals surface area contributed by atoms with Crippen LogP contribution in [0.4, 0.5) is 18.9 Å². The first kappa shape index (κ1) is 17.3. The zero-order valence-corrected chi connectivity index (χ0v) is 15.0. The summed E-state index contributed by atoms with van der Waals surface area (Å²) in [6.07, 6.45) is -4.47. The number of rotatable bonds is 2. The van der Waals surface area contributed by atoms with Gasteiger partial charge in [0.1, 0.15) is 0 Å². The van der Waals surface area contributed by atoms with Crippen molar-refractivity contribution < 1.29 is 18.0 Å². The summed E-state index contributed by atoms with van der Waals surface area (Å²) >= 11 is 5.12. The monoisotopic (exact) mass is 483 g/mol. The van der Waals surface area contributed by atoms with E-state index in [0.29, 0.717) is 5.56 Å². The minimum atomic E-state index is -4.47. The Morgan fingerprint density at radius 1 is 1.18 bits per heavy atom. The van der Waals surface area contributed by atoms with E-state index in [9.17, 15) is 18.0 Å². The van der Waals surface area contributed by atoms with E-state index in [4.69, 9.17) is 0 Å². The van der Waals surface area contributed by atoms with Gasteiger partial charge in [-0.3, -0.25) is 4.79 Å². The van der Waals surface area contributed by atoms with E-state index in [-0.39, 0.29) is 10.2 Å². The number of anilines is 1. The highest BCUT2D eigenvalue weighted by Gasteiger charge is 2.31. The zero-order valence-electron chi connectivity index (χ0n) is 11.3.